The highest BCUT2D eigenvalue weighted by Crippen LogP contribution is 2.50. The third kappa shape index (κ3) is 4.37. The van der Waals surface area contributed by atoms with Crippen LogP contribution in [0.1, 0.15) is 48.4 Å². The highest BCUT2D eigenvalue weighted by atomic mass is 19.4. The fourth-order valence-corrected chi connectivity index (χ4v) is 2.94. The normalized spacial score (nSPS) is 20.6. The number of rotatable bonds is 7. The maximum absolute atomic E-state index is 12.7. The summed E-state index contributed by atoms with van der Waals surface area (Å²) in [5, 5.41) is 9.53. The number of hydrogen-bond donors (Lipinski definition) is 2. The van der Waals surface area contributed by atoms with E-state index in [-0.39, 0.29) is 30.6 Å². The lowest BCUT2D eigenvalue weighted by molar-refractivity contribution is -0.157. The van der Waals surface area contributed by atoms with Gasteiger partial charge in [0.2, 0.25) is 5.91 Å². The van der Waals surface area contributed by atoms with E-state index in [2.05, 4.69) is 15.5 Å². The van der Waals surface area contributed by atoms with Gasteiger partial charge >= 0.3 is 6.18 Å². The van der Waals surface area contributed by atoms with Crippen molar-refractivity contribution in [2.75, 3.05) is 13.1 Å². The zero-order chi connectivity index (χ0) is 19.6. The number of alkyl halides is 3. The van der Waals surface area contributed by atoms with Crippen molar-refractivity contribution in [3.8, 4) is 0 Å². The number of H-pyrrole nitrogens is 1. The minimum absolute atomic E-state index is 0.145. The molecule has 1 saturated carbocycles. The number of aromatic nitrogens is 2. The van der Waals surface area contributed by atoms with Gasteiger partial charge < -0.3 is 10.2 Å². The summed E-state index contributed by atoms with van der Waals surface area (Å²) < 4.78 is 38.1. The number of amides is 2. The van der Waals surface area contributed by atoms with Crippen molar-refractivity contribution in [2.24, 2.45) is 11.8 Å². The molecule has 26 heavy (non-hydrogen) atoms. The van der Waals surface area contributed by atoms with E-state index in [9.17, 15) is 22.8 Å². The molecule has 1 aliphatic carbocycles. The zero-order valence-electron chi connectivity index (χ0n) is 15.4. The Morgan fingerprint density at radius 1 is 1.35 bits per heavy atom. The molecular formula is C17H25F3N4O2. The Hall–Kier alpha value is -2.06. The van der Waals surface area contributed by atoms with Crippen molar-refractivity contribution >= 4 is 11.8 Å². The number of likely N-dealkylation sites (N-methyl/N-ethyl adjacent to an activating group) is 1. The second-order valence-corrected chi connectivity index (χ2v) is 6.77. The van der Waals surface area contributed by atoms with Gasteiger partial charge in [0, 0.05) is 30.4 Å². The molecule has 2 rings (SSSR count). The third-order valence-electron chi connectivity index (χ3n) is 4.96. The quantitative estimate of drug-likeness (QED) is 0.770. The topological polar surface area (TPSA) is 78.1 Å². The van der Waals surface area contributed by atoms with E-state index >= 15 is 0 Å². The van der Waals surface area contributed by atoms with Crippen molar-refractivity contribution in [1.29, 1.82) is 0 Å². The summed E-state index contributed by atoms with van der Waals surface area (Å²) in [6, 6.07) is -0.356. The molecule has 1 aliphatic rings. The van der Waals surface area contributed by atoms with Crippen LogP contribution in [-0.4, -0.2) is 52.2 Å². The first-order valence-corrected chi connectivity index (χ1v) is 8.78. The molecule has 0 saturated heterocycles. The summed E-state index contributed by atoms with van der Waals surface area (Å²) >= 11 is 0. The highest BCUT2D eigenvalue weighted by Gasteiger charge is 2.59. The van der Waals surface area contributed by atoms with Gasteiger partial charge in [0.15, 0.2) is 5.69 Å². The van der Waals surface area contributed by atoms with Gasteiger partial charge in [0.1, 0.15) is 0 Å². The molecule has 0 aliphatic heterocycles. The molecule has 0 bridgehead atoms. The number of carbonyl (C=O) groups is 2. The minimum atomic E-state index is -4.33. The Bertz CT molecular complexity index is 671. The van der Waals surface area contributed by atoms with Crippen molar-refractivity contribution in [3.63, 3.8) is 0 Å². The monoisotopic (exact) mass is 374 g/mol. The Labute approximate surface area is 150 Å². The average molecular weight is 374 g/mol. The SMILES string of the molecule is CC[C@@H](CN(CC)C(=O)[C@H]1C[C@@H]1C(F)(F)F)NC(=O)c1n[nH]c(C)c1C. The molecule has 146 valence electrons. The van der Waals surface area contributed by atoms with Crippen LogP contribution in [0.15, 0.2) is 0 Å². The molecule has 0 aromatic carbocycles. The third-order valence-corrected chi connectivity index (χ3v) is 4.96. The summed E-state index contributed by atoms with van der Waals surface area (Å²) in [5.41, 5.74) is 1.82. The van der Waals surface area contributed by atoms with Gasteiger partial charge in [-0.1, -0.05) is 6.92 Å². The predicted molar refractivity (Wildman–Crippen MR) is 89.5 cm³/mol. The van der Waals surface area contributed by atoms with Gasteiger partial charge in [0.05, 0.1) is 11.8 Å². The molecule has 2 amide bonds. The lowest BCUT2D eigenvalue weighted by Gasteiger charge is -2.27. The molecule has 0 radical (unpaired) electrons. The van der Waals surface area contributed by atoms with Crippen molar-refractivity contribution < 1.29 is 22.8 Å². The van der Waals surface area contributed by atoms with Crippen LogP contribution in [0.25, 0.3) is 0 Å². The van der Waals surface area contributed by atoms with Gasteiger partial charge in [-0.3, -0.25) is 14.7 Å². The second-order valence-electron chi connectivity index (χ2n) is 6.77. The van der Waals surface area contributed by atoms with Gasteiger partial charge in [-0.05, 0) is 33.6 Å². The second kappa shape index (κ2) is 7.67. The Kier molecular flexibility index (Phi) is 5.98. The summed E-state index contributed by atoms with van der Waals surface area (Å²) in [7, 11) is 0. The maximum Gasteiger partial charge on any atom is 0.392 e. The fourth-order valence-electron chi connectivity index (χ4n) is 2.94. The maximum atomic E-state index is 12.7. The lowest BCUT2D eigenvalue weighted by atomic mass is 10.1. The zero-order valence-corrected chi connectivity index (χ0v) is 15.4. The molecule has 1 aromatic rings. The molecular weight excluding hydrogens is 349 g/mol. The number of aromatic amines is 1. The first-order valence-electron chi connectivity index (χ1n) is 8.78. The number of carbonyl (C=O) groups excluding carboxylic acids is 2. The van der Waals surface area contributed by atoms with Gasteiger partial charge in [-0.25, -0.2) is 0 Å². The number of hydrogen-bond acceptors (Lipinski definition) is 3. The van der Waals surface area contributed by atoms with Crippen molar-refractivity contribution in [2.45, 2.75) is 52.8 Å². The van der Waals surface area contributed by atoms with Gasteiger partial charge in [0.25, 0.3) is 5.91 Å². The molecule has 3 atom stereocenters. The average Bonchev–Trinajstić information content (AvgIpc) is 3.32. The molecule has 1 fully saturated rings. The van der Waals surface area contributed by atoms with E-state index in [1.54, 1.807) is 20.8 Å². The molecule has 1 heterocycles. The van der Waals surface area contributed by atoms with Crippen LogP contribution in [0.3, 0.4) is 0 Å². The van der Waals surface area contributed by atoms with E-state index in [0.717, 1.165) is 11.3 Å². The lowest BCUT2D eigenvalue weighted by Crippen LogP contribution is -2.46. The Morgan fingerprint density at radius 3 is 2.42 bits per heavy atom. The van der Waals surface area contributed by atoms with Gasteiger partial charge in [-0.15, -0.1) is 0 Å². The predicted octanol–water partition coefficient (Wildman–Crippen LogP) is 2.58. The number of nitrogens with one attached hydrogen (secondary N) is 2. The number of nitrogens with zero attached hydrogens (tertiary/aromatic N) is 2. The number of aryl methyl sites for hydroxylation is 1. The summed E-state index contributed by atoms with van der Waals surface area (Å²) in [4.78, 5) is 26.1. The largest absolute Gasteiger partial charge is 0.392 e. The van der Waals surface area contributed by atoms with E-state index in [4.69, 9.17) is 0 Å². The number of halogens is 3. The summed E-state index contributed by atoms with van der Waals surface area (Å²) in [5.74, 6) is -3.37. The van der Waals surface area contributed by atoms with E-state index in [1.807, 2.05) is 6.92 Å². The van der Waals surface area contributed by atoms with Crippen LogP contribution in [0, 0.1) is 25.7 Å². The summed E-state index contributed by atoms with van der Waals surface area (Å²) in [6.45, 7) is 7.63. The van der Waals surface area contributed by atoms with E-state index in [1.165, 1.54) is 4.90 Å². The first kappa shape index (κ1) is 20.3. The molecule has 1 aromatic heterocycles. The van der Waals surface area contributed by atoms with Crippen LogP contribution < -0.4 is 5.32 Å². The standard InChI is InChI=1S/C17H25F3N4O2/c1-5-11(21-15(25)14-9(3)10(4)22-23-14)8-24(6-2)16(26)12-7-13(12)17(18,19)20/h11-13H,5-8H2,1-4H3,(H,21,25)(H,22,23)/t11-,12-,13-/m0/s1. The molecule has 9 heteroatoms. The molecule has 0 spiro atoms. The summed E-state index contributed by atoms with van der Waals surface area (Å²) in [6.07, 6.45) is -3.92. The molecule has 2 N–H and O–H groups in total. The van der Waals surface area contributed by atoms with E-state index < -0.39 is 23.9 Å². The first-order chi connectivity index (χ1) is 12.1. The van der Waals surface area contributed by atoms with Crippen LogP contribution in [0.4, 0.5) is 13.2 Å². The smallest absolute Gasteiger partial charge is 0.346 e. The van der Waals surface area contributed by atoms with Crippen LogP contribution in [0.5, 0.6) is 0 Å². The fraction of sp³-hybridized carbons (Fsp3) is 0.706. The van der Waals surface area contributed by atoms with Crippen molar-refractivity contribution in [1.82, 2.24) is 20.4 Å². The molecule has 0 unspecified atom stereocenters. The van der Waals surface area contributed by atoms with E-state index in [0.29, 0.717) is 13.0 Å². The van der Waals surface area contributed by atoms with Crippen LogP contribution >= 0.6 is 0 Å². The Morgan fingerprint density at radius 2 is 2.00 bits per heavy atom. The van der Waals surface area contributed by atoms with Crippen LogP contribution in [0.2, 0.25) is 0 Å². The Balaban J connectivity index is 1.98. The van der Waals surface area contributed by atoms with Crippen LogP contribution in [-0.2, 0) is 4.79 Å². The molecule has 6 nitrogen and oxygen atoms in total. The highest BCUT2D eigenvalue weighted by molar-refractivity contribution is 5.94. The van der Waals surface area contributed by atoms with Gasteiger partial charge in [-0.2, -0.15) is 18.3 Å². The minimum Gasteiger partial charge on any atom is -0.346 e. The van der Waals surface area contributed by atoms with Crippen molar-refractivity contribution in [3.05, 3.63) is 17.0 Å².